The van der Waals surface area contributed by atoms with Crippen LogP contribution in [0.3, 0.4) is 0 Å². The number of rotatable bonds is 4. The van der Waals surface area contributed by atoms with Gasteiger partial charge in [-0.1, -0.05) is 19.9 Å². The minimum Gasteiger partial charge on any atom is -0.487 e. The number of hydrogen-bond donors (Lipinski definition) is 0. The first-order valence-corrected chi connectivity index (χ1v) is 4.71. The lowest BCUT2D eigenvalue weighted by Crippen LogP contribution is -2.09. The van der Waals surface area contributed by atoms with Gasteiger partial charge in [-0.05, 0) is 17.5 Å². The van der Waals surface area contributed by atoms with Crippen LogP contribution >= 0.6 is 0 Å². The van der Waals surface area contributed by atoms with Crippen LogP contribution in [0.2, 0.25) is 0 Å². The van der Waals surface area contributed by atoms with Gasteiger partial charge in [0.15, 0.2) is 0 Å². The van der Waals surface area contributed by atoms with Gasteiger partial charge in [-0.25, -0.2) is 13.2 Å². The predicted octanol–water partition coefficient (Wildman–Crippen LogP) is 3.59. The van der Waals surface area contributed by atoms with E-state index < -0.39 is 18.8 Å². The SMILES string of the molecule is CC(C)c1ccc(F)cc1OCC(F)F. The van der Waals surface area contributed by atoms with E-state index in [9.17, 15) is 13.2 Å². The van der Waals surface area contributed by atoms with Crippen LogP contribution in [0.5, 0.6) is 5.75 Å². The molecule has 0 saturated heterocycles. The van der Waals surface area contributed by atoms with Gasteiger partial charge in [0.05, 0.1) is 0 Å². The molecule has 1 rings (SSSR count). The van der Waals surface area contributed by atoms with Gasteiger partial charge in [-0.15, -0.1) is 0 Å². The first kappa shape index (κ1) is 11.9. The Kier molecular flexibility index (Phi) is 4.00. The fraction of sp³-hybridized carbons (Fsp3) is 0.455. The first-order valence-electron chi connectivity index (χ1n) is 4.71. The Bertz CT molecular complexity index is 324. The van der Waals surface area contributed by atoms with E-state index in [1.807, 2.05) is 13.8 Å². The Balaban J connectivity index is 2.87. The third-order valence-corrected chi connectivity index (χ3v) is 1.96. The van der Waals surface area contributed by atoms with E-state index in [4.69, 9.17) is 4.74 Å². The summed E-state index contributed by atoms with van der Waals surface area (Å²) in [4.78, 5) is 0. The van der Waals surface area contributed by atoms with E-state index >= 15 is 0 Å². The molecule has 4 heteroatoms. The minimum atomic E-state index is -2.55. The Hall–Kier alpha value is -1.19. The molecule has 84 valence electrons. The lowest BCUT2D eigenvalue weighted by molar-refractivity contribution is 0.0811. The molecule has 15 heavy (non-hydrogen) atoms. The molecule has 0 atom stereocenters. The van der Waals surface area contributed by atoms with Gasteiger partial charge in [0.25, 0.3) is 6.43 Å². The van der Waals surface area contributed by atoms with Crippen LogP contribution in [-0.2, 0) is 0 Å². The van der Waals surface area contributed by atoms with Gasteiger partial charge in [0, 0.05) is 6.07 Å². The molecule has 1 aromatic carbocycles. The van der Waals surface area contributed by atoms with E-state index in [-0.39, 0.29) is 11.7 Å². The summed E-state index contributed by atoms with van der Waals surface area (Å²) in [5.41, 5.74) is 0.733. The van der Waals surface area contributed by atoms with Crippen molar-refractivity contribution in [2.75, 3.05) is 6.61 Å². The average molecular weight is 218 g/mol. The van der Waals surface area contributed by atoms with E-state index in [0.717, 1.165) is 11.6 Å². The molecule has 0 aliphatic rings. The van der Waals surface area contributed by atoms with E-state index in [2.05, 4.69) is 0 Å². The highest BCUT2D eigenvalue weighted by atomic mass is 19.3. The molecule has 0 aliphatic heterocycles. The monoisotopic (exact) mass is 218 g/mol. The van der Waals surface area contributed by atoms with Gasteiger partial charge in [-0.3, -0.25) is 0 Å². The summed E-state index contributed by atoms with van der Waals surface area (Å²) in [6.07, 6.45) is -2.55. The number of alkyl halides is 2. The molecule has 1 aromatic rings. The van der Waals surface area contributed by atoms with Crippen LogP contribution < -0.4 is 4.74 Å². The molecule has 1 nitrogen and oxygen atoms in total. The quantitative estimate of drug-likeness (QED) is 0.750. The maximum absolute atomic E-state index is 12.9. The summed E-state index contributed by atoms with van der Waals surface area (Å²) in [6.45, 7) is 3.08. The lowest BCUT2D eigenvalue weighted by Gasteiger charge is -2.13. The summed E-state index contributed by atoms with van der Waals surface area (Å²) in [5.74, 6) is -0.174. The zero-order valence-corrected chi connectivity index (χ0v) is 8.64. The van der Waals surface area contributed by atoms with Crippen LogP contribution in [0.4, 0.5) is 13.2 Å². The van der Waals surface area contributed by atoms with Crippen molar-refractivity contribution in [1.29, 1.82) is 0 Å². The predicted molar refractivity (Wildman–Crippen MR) is 52.0 cm³/mol. The van der Waals surface area contributed by atoms with Gasteiger partial charge < -0.3 is 4.74 Å². The Morgan fingerprint density at radius 3 is 2.47 bits per heavy atom. The Labute approximate surface area is 86.9 Å². The minimum absolute atomic E-state index is 0.110. The van der Waals surface area contributed by atoms with Gasteiger partial charge in [-0.2, -0.15) is 0 Å². The smallest absolute Gasteiger partial charge is 0.272 e. The Morgan fingerprint density at radius 2 is 1.93 bits per heavy atom. The van der Waals surface area contributed by atoms with Crippen molar-refractivity contribution < 1.29 is 17.9 Å². The van der Waals surface area contributed by atoms with Crippen molar-refractivity contribution in [3.8, 4) is 5.75 Å². The molecule has 0 heterocycles. The topological polar surface area (TPSA) is 9.23 Å². The Morgan fingerprint density at radius 1 is 1.27 bits per heavy atom. The second kappa shape index (κ2) is 5.05. The van der Waals surface area contributed by atoms with E-state index in [0.29, 0.717) is 0 Å². The van der Waals surface area contributed by atoms with Crippen molar-refractivity contribution in [1.82, 2.24) is 0 Å². The highest BCUT2D eigenvalue weighted by Crippen LogP contribution is 2.27. The van der Waals surface area contributed by atoms with Crippen molar-refractivity contribution >= 4 is 0 Å². The third kappa shape index (κ3) is 3.46. The second-order valence-electron chi connectivity index (χ2n) is 3.54. The zero-order valence-electron chi connectivity index (χ0n) is 8.64. The van der Waals surface area contributed by atoms with Crippen LogP contribution in [-0.4, -0.2) is 13.0 Å². The average Bonchev–Trinajstić information content (AvgIpc) is 2.14. The first-order chi connectivity index (χ1) is 7.00. The number of ether oxygens (including phenoxy) is 1. The summed E-state index contributed by atoms with van der Waals surface area (Å²) in [5, 5.41) is 0. The zero-order chi connectivity index (χ0) is 11.4. The van der Waals surface area contributed by atoms with Crippen molar-refractivity contribution in [2.45, 2.75) is 26.2 Å². The fourth-order valence-corrected chi connectivity index (χ4v) is 1.26. The molecular weight excluding hydrogens is 205 g/mol. The number of hydrogen-bond acceptors (Lipinski definition) is 1. The maximum atomic E-state index is 12.9. The number of benzene rings is 1. The molecule has 0 N–H and O–H groups in total. The lowest BCUT2D eigenvalue weighted by atomic mass is 10.0. The second-order valence-corrected chi connectivity index (χ2v) is 3.54. The summed E-state index contributed by atoms with van der Waals surface area (Å²) < 4.78 is 41.6. The summed E-state index contributed by atoms with van der Waals surface area (Å²) in [6, 6.07) is 3.99. The molecule has 0 radical (unpaired) electrons. The van der Waals surface area contributed by atoms with Gasteiger partial charge in [0.2, 0.25) is 0 Å². The van der Waals surface area contributed by atoms with Crippen LogP contribution in [0, 0.1) is 5.82 Å². The van der Waals surface area contributed by atoms with Crippen molar-refractivity contribution in [3.05, 3.63) is 29.6 Å². The van der Waals surface area contributed by atoms with Crippen LogP contribution in [0.15, 0.2) is 18.2 Å². The molecular formula is C11H13F3O. The molecule has 0 aliphatic carbocycles. The number of halogens is 3. The van der Waals surface area contributed by atoms with Crippen molar-refractivity contribution in [3.63, 3.8) is 0 Å². The standard InChI is InChI=1S/C11H13F3O/c1-7(2)9-4-3-8(12)5-10(9)15-6-11(13)14/h3-5,7,11H,6H2,1-2H3. The molecule has 0 spiro atoms. The van der Waals surface area contributed by atoms with Crippen LogP contribution in [0.25, 0.3) is 0 Å². The fourth-order valence-electron chi connectivity index (χ4n) is 1.26. The molecule has 0 fully saturated rings. The van der Waals surface area contributed by atoms with Crippen molar-refractivity contribution in [2.24, 2.45) is 0 Å². The van der Waals surface area contributed by atoms with E-state index in [1.54, 1.807) is 6.07 Å². The molecule has 0 bridgehead atoms. The summed E-state index contributed by atoms with van der Waals surface area (Å²) >= 11 is 0. The highest BCUT2D eigenvalue weighted by Gasteiger charge is 2.11. The molecule has 0 aromatic heterocycles. The van der Waals surface area contributed by atoms with Gasteiger partial charge >= 0.3 is 0 Å². The third-order valence-electron chi connectivity index (χ3n) is 1.96. The molecule has 0 unspecified atom stereocenters. The van der Waals surface area contributed by atoms with Crippen LogP contribution in [0.1, 0.15) is 25.3 Å². The molecule has 0 saturated carbocycles. The maximum Gasteiger partial charge on any atom is 0.272 e. The largest absolute Gasteiger partial charge is 0.487 e. The summed E-state index contributed by atoms with van der Waals surface area (Å²) in [7, 11) is 0. The van der Waals surface area contributed by atoms with E-state index in [1.165, 1.54) is 6.07 Å². The normalized spacial score (nSPS) is 11.1. The van der Waals surface area contributed by atoms with Gasteiger partial charge in [0.1, 0.15) is 18.2 Å². The molecule has 0 amide bonds. The highest BCUT2D eigenvalue weighted by molar-refractivity contribution is 5.36.